The van der Waals surface area contributed by atoms with E-state index in [0.29, 0.717) is 23.9 Å². The van der Waals surface area contributed by atoms with E-state index in [-0.39, 0.29) is 24.1 Å². The van der Waals surface area contributed by atoms with Crippen molar-refractivity contribution in [3.05, 3.63) is 29.3 Å². The number of amides is 3. The summed E-state index contributed by atoms with van der Waals surface area (Å²) in [7, 11) is 0. The van der Waals surface area contributed by atoms with Crippen molar-refractivity contribution in [3.63, 3.8) is 0 Å². The summed E-state index contributed by atoms with van der Waals surface area (Å²) in [6.45, 7) is 9.00. The Bertz CT molecular complexity index is 906. The zero-order valence-electron chi connectivity index (χ0n) is 20.7. The van der Waals surface area contributed by atoms with Crippen LogP contribution in [0.25, 0.3) is 0 Å². The molecule has 0 spiro atoms. The van der Waals surface area contributed by atoms with Gasteiger partial charge in [-0.2, -0.15) is 0 Å². The van der Waals surface area contributed by atoms with Crippen molar-refractivity contribution < 1.29 is 14.4 Å². The lowest BCUT2D eigenvalue weighted by atomic mass is 9.82. The second kappa shape index (κ2) is 11.3. The molecule has 6 nitrogen and oxygen atoms in total. The summed E-state index contributed by atoms with van der Waals surface area (Å²) >= 11 is 1.82. The summed E-state index contributed by atoms with van der Waals surface area (Å²) < 4.78 is 0. The second-order valence-corrected chi connectivity index (χ2v) is 11.9. The first kappa shape index (κ1) is 25.2. The van der Waals surface area contributed by atoms with Gasteiger partial charge in [-0.05, 0) is 80.6 Å². The number of imide groups is 1. The van der Waals surface area contributed by atoms with E-state index in [4.69, 9.17) is 0 Å². The van der Waals surface area contributed by atoms with Crippen LogP contribution in [-0.4, -0.2) is 59.0 Å². The summed E-state index contributed by atoms with van der Waals surface area (Å²) in [5.74, 6) is 0.349. The molecular weight excluding hydrogens is 446 g/mol. The molecular formula is C27H39N3O3S. The van der Waals surface area contributed by atoms with E-state index in [1.807, 2.05) is 23.9 Å². The smallest absolute Gasteiger partial charge is 0.255 e. The number of carbonyl (C=O) groups is 3. The summed E-state index contributed by atoms with van der Waals surface area (Å²) in [4.78, 5) is 42.1. The third-order valence-corrected chi connectivity index (χ3v) is 8.81. The molecule has 2 fully saturated rings. The van der Waals surface area contributed by atoms with Crippen molar-refractivity contribution in [2.45, 2.75) is 89.1 Å². The Kier molecular flexibility index (Phi) is 8.35. The zero-order chi connectivity index (χ0) is 24.1. The van der Waals surface area contributed by atoms with E-state index < -0.39 is 6.04 Å². The van der Waals surface area contributed by atoms with Gasteiger partial charge >= 0.3 is 0 Å². The minimum Gasteiger partial charge on any atom is -0.322 e. The van der Waals surface area contributed by atoms with Crippen molar-refractivity contribution in [2.24, 2.45) is 5.41 Å². The summed E-state index contributed by atoms with van der Waals surface area (Å²) in [5, 5.41) is 2.37. The van der Waals surface area contributed by atoms with Crippen molar-refractivity contribution in [3.8, 4) is 0 Å². The number of piperidine rings is 2. The van der Waals surface area contributed by atoms with E-state index in [2.05, 4.69) is 30.1 Å². The largest absolute Gasteiger partial charge is 0.322 e. The summed E-state index contributed by atoms with van der Waals surface area (Å²) in [5.41, 5.74) is 2.27. The average molecular weight is 486 g/mol. The lowest BCUT2D eigenvalue weighted by molar-refractivity contribution is -0.136. The number of fused-ring (bicyclic) bond motifs is 1. The molecule has 1 atom stereocenters. The summed E-state index contributed by atoms with van der Waals surface area (Å²) in [6, 6.07) is 5.34. The lowest BCUT2D eigenvalue weighted by Gasteiger charge is -2.36. The van der Waals surface area contributed by atoms with Gasteiger partial charge in [-0.15, -0.1) is 11.8 Å². The molecule has 0 aromatic heterocycles. The fourth-order valence-electron chi connectivity index (χ4n) is 5.22. The van der Waals surface area contributed by atoms with Crippen LogP contribution in [0.1, 0.15) is 87.6 Å². The molecule has 3 aliphatic rings. The van der Waals surface area contributed by atoms with Gasteiger partial charge in [-0.1, -0.05) is 39.2 Å². The molecule has 7 heteroatoms. The highest BCUT2D eigenvalue weighted by atomic mass is 32.2. The molecule has 0 bridgehead atoms. The first-order valence-corrected chi connectivity index (χ1v) is 13.9. The SMILES string of the molecule is CC1(C)CCN(CCCCCCCSc2cccc3c2CN(C2CCC(=O)NC2=O)C3=O)CC1. The van der Waals surface area contributed by atoms with Crippen LogP contribution < -0.4 is 5.32 Å². The maximum atomic E-state index is 12.9. The highest BCUT2D eigenvalue weighted by molar-refractivity contribution is 7.99. The molecule has 0 aliphatic carbocycles. The standard InChI is InChI=1S/C27H39N3O3S/c1-27(2)13-16-29(17-14-27)15-6-4-3-5-7-18-34-23-10-8-9-20-21(23)19-30(26(20)33)22-11-12-24(31)28-25(22)32/h8-10,22H,3-7,11-19H2,1-2H3,(H,28,31,32). The van der Waals surface area contributed by atoms with Crippen LogP contribution in [0.5, 0.6) is 0 Å². The zero-order valence-corrected chi connectivity index (χ0v) is 21.6. The molecule has 1 N–H and O–H groups in total. The monoisotopic (exact) mass is 485 g/mol. The molecule has 1 aromatic carbocycles. The van der Waals surface area contributed by atoms with Crippen molar-refractivity contribution in [1.29, 1.82) is 0 Å². The molecule has 0 saturated carbocycles. The predicted octanol–water partition coefficient (Wildman–Crippen LogP) is 4.61. The first-order chi connectivity index (χ1) is 16.3. The lowest BCUT2D eigenvalue weighted by Crippen LogP contribution is -2.52. The van der Waals surface area contributed by atoms with Crippen LogP contribution >= 0.6 is 11.8 Å². The van der Waals surface area contributed by atoms with Gasteiger partial charge in [-0.3, -0.25) is 19.7 Å². The van der Waals surface area contributed by atoms with Gasteiger partial charge in [0, 0.05) is 23.4 Å². The highest BCUT2D eigenvalue weighted by Gasteiger charge is 2.39. The van der Waals surface area contributed by atoms with Crippen LogP contribution in [-0.2, 0) is 16.1 Å². The van der Waals surface area contributed by atoms with Crippen molar-refractivity contribution in [1.82, 2.24) is 15.1 Å². The molecule has 3 amide bonds. The average Bonchev–Trinajstić information content (AvgIpc) is 3.13. The van der Waals surface area contributed by atoms with Crippen LogP contribution in [0.15, 0.2) is 23.1 Å². The third-order valence-electron chi connectivity index (χ3n) is 7.62. The van der Waals surface area contributed by atoms with Crippen LogP contribution in [0.4, 0.5) is 0 Å². The number of nitrogens with zero attached hydrogens (tertiary/aromatic N) is 2. The Balaban J connectivity index is 1.16. The first-order valence-electron chi connectivity index (χ1n) is 13.0. The van der Waals surface area contributed by atoms with Crippen LogP contribution in [0.2, 0.25) is 0 Å². The number of hydrogen-bond donors (Lipinski definition) is 1. The number of hydrogen-bond acceptors (Lipinski definition) is 5. The Morgan fingerprint density at radius 1 is 1.03 bits per heavy atom. The van der Waals surface area contributed by atoms with E-state index in [1.165, 1.54) is 64.6 Å². The maximum Gasteiger partial charge on any atom is 0.255 e. The highest BCUT2D eigenvalue weighted by Crippen LogP contribution is 2.35. The molecule has 1 unspecified atom stereocenters. The molecule has 3 aliphatic heterocycles. The Hall–Kier alpha value is -1.86. The van der Waals surface area contributed by atoms with Crippen LogP contribution in [0, 0.1) is 5.41 Å². The maximum absolute atomic E-state index is 12.9. The van der Waals surface area contributed by atoms with E-state index in [9.17, 15) is 14.4 Å². The second-order valence-electron chi connectivity index (χ2n) is 10.8. The van der Waals surface area contributed by atoms with E-state index in [1.54, 1.807) is 4.90 Å². The Morgan fingerprint density at radius 3 is 2.53 bits per heavy atom. The van der Waals surface area contributed by atoms with E-state index >= 15 is 0 Å². The number of rotatable bonds is 10. The van der Waals surface area contributed by atoms with Gasteiger partial charge in [0.2, 0.25) is 11.8 Å². The Morgan fingerprint density at radius 2 is 1.76 bits per heavy atom. The van der Waals surface area contributed by atoms with Crippen LogP contribution in [0.3, 0.4) is 0 Å². The van der Waals surface area contributed by atoms with Gasteiger partial charge in [-0.25, -0.2) is 0 Å². The number of carbonyl (C=O) groups excluding carboxylic acids is 3. The number of unbranched alkanes of at least 4 members (excludes halogenated alkanes) is 4. The number of nitrogens with one attached hydrogen (secondary N) is 1. The predicted molar refractivity (Wildman–Crippen MR) is 136 cm³/mol. The van der Waals surface area contributed by atoms with Crippen molar-refractivity contribution >= 4 is 29.5 Å². The number of thioether (sulfide) groups is 1. The van der Waals surface area contributed by atoms with Gasteiger partial charge in [0.05, 0.1) is 0 Å². The van der Waals surface area contributed by atoms with Gasteiger partial charge in [0.15, 0.2) is 0 Å². The van der Waals surface area contributed by atoms with E-state index in [0.717, 1.165) is 16.2 Å². The number of likely N-dealkylation sites (tertiary alicyclic amines) is 1. The molecule has 2 saturated heterocycles. The fraction of sp³-hybridized carbons (Fsp3) is 0.667. The molecule has 4 rings (SSSR count). The van der Waals surface area contributed by atoms with Gasteiger partial charge in [0.25, 0.3) is 5.91 Å². The minimum atomic E-state index is -0.549. The minimum absolute atomic E-state index is 0.0933. The third kappa shape index (κ3) is 6.22. The van der Waals surface area contributed by atoms with Gasteiger partial charge < -0.3 is 9.80 Å². The molecule has 1 aromatic rings. The molecule has 34 heavy (non-hydrogen) atoms. The molecule has 3 heterocycles. The normalized spacial score (nSPS) is 22.7. The molecule has 0 radical (unpaired) electrons. The fourth-order valence-corrected chi connectivity index (χ4v) is 6.32. The topological polar surface area (TPSA) is 69.7 Å². The van der Waals surface area contributed by atoms with Gasteiger partial charge in [0.1, 0.15) is 6.04 Å². The molecule has 186 valence electrons. The Labute approximate surface area is 208 Å². The number of benzene rings is 1. The van der Waals surface area contributed by atoms with Crippen molar-refractivity contribution in [2.75, 3.05) is 25.4 Å². The summed E-state index contributed by atoms with van der Waals surface area (Å²) in [6.07, 6.45) is 9.66. The quantitative estimate of drug-likeness (QED) is 0.298.